The van der Waals surface area contributed by atoms with E-state index in [1.54, 1.807) is 0 Å². The van der Waals surface area contributed by atoms with Gasteiger partial charge < -0.3 is 15.7 Å². The van der Waals surface area contributed by atoms with Gasteiger partial charge in [0.1, 0.15) is 0 Å². The fourth-order valence-corrected chi connectivity index (χ4v) is 3.98. The minimum atomic E-state index is -0.320. The van der Waals surface area contributed by atoms with E-state index in [9.17, 15) is 14.7 Å². The Bertz CT molecular complexity index is 426. The second-order valence-corrected chi connectivity index (χ2v) is 7.92. The predicted molar refractivity (Wildman–Crippen MR) is 94.4 cm³/mol. The maximum atomic E-state index is 12.5. The van der Waals surface area contributed by atoms with Crippen molar-refractivity contribution in [2.45, 2.75) is 89.6 Å². The number of amides is 2. The van der Waals surface area contributed by atoms with E-state index in [4.69, 9.17) is 0 Å². The van der Waals surface area contributed by atoms with Crippen LogP contribution in [0.4, 0.5) is 0 Å². The number of hydrogen-bond acceptors (Lipinski definition) is 3. The molecule has 0 bridgehead atoms. The Morgan fingerprint density at radius 3 is 2.12 bits per heavy atom. The van der Waals surface area contributed by atoms with Crippen LogP contribution in [0.2, 0.25) is 0 Å². The van der Waals surface area contributed by atoms with Crippen molar-refractivity contribution in [3.05, 3.63) is 0 Å². The number of aliphatic hydroxyl groups excluding tert-OH is 1. The fourth-order valence-electron chi connectivity index (χ4n) is 3.98. The second-order valence-electron chi connectivity index (χ2n) is 7.92. The molecule has 2 aliphatic rings. The first-order valence-corrected chi connectivity index (χ1v) is 9.70. The molecule has 0 aromatic carbocycles. The number of aliphatic hydroxyl groups is 1. The highest BCUT2D eigenvalue weighted by Gasteiger charge is 2.32. The summed E-state index contributed by atoms with van der Waals surface area (Å²) in [5, 5.41) is 15.5. The Labute approximate surface area is 146 Å². The number of nitrogens with one attached hydrogen (secondary N) is 2. The van der Waals surface area contributed by atoms with Gasteiger partial charge in [0.05, 0.1) is 0 Å². The molecule has 2 fully saturated rings. The van der Waals surface area contributed by atoms with Crippen molar-refractivity contribution in [3.63, 3.8) is 0 Å². The normalized spacial score (nSPS) is 27.5. The predicted octanol–water partition coefficient (Wildman–Crippen LogP) is 2.52. The van der Waals surface area contributed by atoms with Crippen LogP contribution in [0.5, 0.6) is 0 Å². The molecule has 138 valence electrons. The highest BCUT2D eigenvalue weighted by Crippen LogP contribution is 2.28. The van der Waals surface area contributed by atoms with Crippen LogP contribution in [-0.2, 0) is 9.59 Å². The van der Waals surface area contributed by atoms with Crippen LogP contribution in [0.3, 0.4) is 0 Å². The zero-order chi connectivity index (χ0) is 17.6. The minimum absolute atomic E-state index is 0.0363. The lowest BCUT2D eigenvalue weighted by Gasteiger charge is -2.34. The number of carbonyl (C=O) groups excluding carboxylic acids is 2. The number of rotatable bonds is 7. The molecule has 3 N–H and O–H groups in total. The van der Waals surface area contributed by atoms with E-state index in [1.165, 1.54) is 12.8 Å². The van der Waals surface area contributed by atoms with E-state index in [2.05, 4.69) is 10.6 Å². The summed E-state index contributed by atoms with van der Waals surface area (Å²) in [4.78, 5) is 24.7. The van der Waals surface area contributed by atoms with Gasteiger partial charge in [0.15, 0.2) is 0 Å². The molecule has 0 aromatic heterocycles. The quantitative estimate of drug-likeness (QED) is 0.667. The van der Waals surface area contributed by atoms with Gasteiger partial charge in [0, 0.05) is 30.0 Å². The van der Waals surface area contributed by atoms with Crippen molar-refractivity contribution in [2.75, 3.05) is 6.61 Å². The first-order chi connectivity index (χ1) is 11.5. The van der Waals surface area contributed by atoms with Gasteiger partial charge in [-0.25, -0.2) is 0 Å². The Kier molecular flexibility index (Phi) is 7.08. The van der Waals surface area contributed by atoms with Crippen LogP contribution in [-0.4, -0.2) is 35.1 Å². The maximum absolute atomic E-state index is 12.5. The molecule has 1 unspecified atom stereocenters. The summed E-state index contributed by atoms with van der Waals surface area (Å²) in [5.41, 5.74) is -0.320. The van der Waals surface area contributed by atoms with Crippen LogP contribution in [0, 0.1) is 11.8 Å². The molecular weight excluding hydrogens is 304 g/mol. The summed E-state index contributed by atoms with van der Waals surface area (Å²) in [5.74, 6) is 0.583. The Balaban J connectivity index is 1.75. The van der Waals surface area contributed by atoms with Crippen molar-refractivity contribution in [2.24, 2.45) is 11.8 Å². The van der Waals surface area contributed by atoms with Gasteiger partial charge in [-0.15, -0.1) is 0 Å². The van der Waals surface area contributed by atoms with Gasteiger partial charge in [-0.05, 0) is 58.3 Å². The average molecular weight is 338 g/mol. The van der Waals surface area contributed by atoms with Crippen molar-refractivity contribution in [1.29, 1.82) is 0 Å². The molecule has 0 saturated heterocycles. The molecule has 2 amide bonds. The topological polar surface area (TPSA) is 78.4 Å². The molecule has 5 heteroatoms. The SMILES string of the molecule is CCC(C)(CCO)NC(=O)C1CCC(NC(=O)C2CCCC2)CC1. The van der Waals surface area contributed by atoms with Gasteiger partial charge in [-0.3, -0.25) is 9.59 Å². The van der Waals surface area contributed by atoms with Crippen LogP contribution in [0.25, 0.3) is 0 Å². The Hall–Kier alpha value is -1.10. The molecule has 0 spiro atoms. The lowest BCUT2D eigenvalue weighted by atomic mass is 9.84. The van der Waals surface area contributed by atoms with Gasteiger partial charge in [-0.2, -0.15) is 0 Å². The van der Waals surface area contributed by atoms with Gasteiger partial charge in [0.2, 0.25) is 11.8 Å². The lowest BCUT2D eigenvalue weighted by Crippen LogP contribution is -2.50. The maximum Gasteiger partial charge on any atom is 0.223 e. The third-order valence-electron chi connectivity index (χ3n) is 6.04. The number of carbonyl (C=O) groups is 2. The lowest BCUT2D eigenvalue weighted by molar-refractivity contribution is -0.128. The third kappa shape index (κ3) is 5.20. The molecule has 0 aromatic rings. The van der Waals surface area contributed by atoms with Gasteiger partial charge in [-0.1, -0.05) is 19.8 Å². The first-order valence-electron chi connectivity index (χ1n) is 9.70. The standard InChI is InChI=1S/C19H34N2O3/c1-3-19(2,12-13-22)21-18(24)15-8-10-16(11-9-15)20-17(23)14-6-4-5-7-14/h14-16,22H,3-13H2,1-2H3,(H,20,23)(H,21,24). The monoisotopic (exact) mass is 338 g/mol. The van der Waals surface area contributed by atoms with Crippen molar-refractivity contribution in [1.82, 2.24) is 10.6 Å². The van der Waals surface area contributed by atoms with Crippen LogP contribution < -0.4 is 10.6 Å². The molecule has 0 heterocycles. The van der Waals surface area contributed by atoms with Crippen molar-refractivity contribution in [3.8, 4) is 0 Å². The molecular formula is C19H34N2O3. The summed E-state index contributed by atoms with van der Waals surface area (Å²) in [7, 11) is 0. The van der Waals surface area contributed by atoms with Crippen molar-refractivity contribution < 1.29 is 14.7 Å². The fraction of sp³-hybridized carbons (Fsp3) is 0.895. The average Bonchev–Trinajstić information content (AvgIpc) is 3.10. The summed E-state index contributed by atoms with van der Waals surface area (Å²) in [6, 6.07) is 0.233. The molecule has 2 saturated carbocycles. The van der Waals surface area contributed by atoms with Gasteiger partial charge in [0.25, 0.3) is 0 Å². The summed E-state index contributed by atoms with van der Waals surface area (Å²) >= 11 is 0. The molecule has 24 heavy (non-hydrogen) atoms. The van der Waals surface area contributed by atoms with Crippen molar-refractivity contribution >= 4 is 11.8 Å². The van der Waals surface area contributed by atoms with E-state index >= 15 is 0 Å². The first kappa shape index (κ1) is 19.2. The van der Waals surface area contributed by atoms with E-state index < -0.39 is 0 Å². The zero-order valence-electron chi connectivity index (χ0n) is 15.3. The zero-order valence-corrected chi connectivity index (χ0v) is 15.3. The van der Waals surface area contributed by atoms with Crippen LogP contribution in [0.1, 0.15) is 78.1 Å². The van der Waals surface area contributed by atoms with Gasteiger partial charge >= 0.3 is 0 Å². The minimum Gasteiger partial charge on any atom is -0.396 e. The second kappa shape index (κ2) is 8.84. The Morgan fingerprint density at radius 1 is 1.00 bits per heavy atom. The summed E-state index contributed by atoms with van der Waals surface area (Å²) < 4.78 is 0. The highest BCUT2D eigenvalue weighted by molar-refractivity contribution is 5.80. The summed E-state index contributed by atoms with van der Waals surface area (Å²) in [6.45, 7) is 4.12. The Morgan fingerprint density at radius 2 is 1.58 bits per heavy atom. The van der Waals surface area contributed by atoms with E-state index in [1.807, 2.05) is 13.8 Å². The largest absolute Gasteiger partial charge is 0.396 e. The third-order valence-corrected chi connectivity index (χ3v) is 6.04. The molecule has 0 radical (unpaired) electrons. The molecule has 5 nitrogen and oxygen atoms in total. The van der Waals surface area contributed by atoms with E-state index in [0.29, 0.717) is 6.42 Å². The van der Waals surface area contributed by atoms with Crippen LogP contribution >= 0.6 is 0 Å². The molecule has 2 rings (SSSR count). The molecule has 0 aliphatic heterocycles. The summed E-state index contributed by atoms with van der Waals surface area (Å²) in [6.07, 6.45) is 9.26. The van der Waals surface area contributed by atoms with E-state index in [-0.39, 0.29) is 41.8 Å². The molecule has 1 atom stereocenters. The molecule has 2 aliphatic carbocycles. The highest BCUT2D eigenvalue weighted by atomic mass is 16.3. The number of hydrogen-bond donors (Lipinski definition) is 3. The van der Waals surface area contributed by atoms with Crippen LogP contribution in [0.15, 0.2) is 0 Å². The smallest absolute Gasteiger partial charge is 0.223 e. The van der Waals surface area contributed by atoms with E-state index in [0.717, 1.165) is 44.9 Å².